The maximum Gasteiger partial charge on any atom is 0.303 e. The van der Waals surface area contributed by atoms with Crippen LogP contribution in [0.1, 0.15) is 22.5 Å². The first kappa shape index (κ1) is 14.1. The molecule has 2 aromatic rings. The number of furan rings is 1. The van der Waals surface area contributed by atoms with Crippen molar-refractivity contribution >= 4 is 29.2 Å². The summed E-state index contributed by atoms with van der Waals surface area (Å²) in [6.45, 7) is 0. The van der Waals surface area contributed by atoms with Crippen molar-refractivity contribution in [1.29, 1.82) is 0 Å². The van der Waals surface area contributed by atoms with Crippen LogP contribution < -0.4 is 5.32 Å². The number of amides is 1. The smallest absolute Gasteiger partial charge is 0.303 e. The van der Waals surface area contributed by atoms with E-state index >= 15 is 0 Å². The van der Waals surface area contributed by atoms with Crippen LogP contribution in [0.2, 0.25) is 5.22 Å². The van der Waals surface area contributed by atoms with E-state index in [1.807, 2.05) is 6.07 Å². The first-order chi connectivity index (χ1) is 9.54. The number of rotatable bonds is 5. The van der Waals surface area contributed by atoms with Crippen molar-refractivity contribution in [2.45, 2.75) is 12.8 Å². The van der Waals surface area contributed by atoms with Crippen LogP contribution in [0, 0.1) is 0 Å². The van der Waals surface area contributed by atoms with Crippen LogP contribution in [-0.2, 0) is 11.2 Å². The first-order valence-electron chi connectivity index (χ1n) is 5.92. The number of carbonyl (C=O) groups is 2. The molecule has 0 aliphatic carbocycles. The van der Waals surface area contributed by atoms with Gasteiger partial charge in [-0.1, -0.05) is 12.1 Å². The predicted octanol–water partition coefficient (Wildman–Crippen LogP) is 3.20. The van der Waals surface area contributed by atoms with E-state index in [4.69, 9.17) is 21.1 Å². The molecule has 20 heavy (non-hydrogen) atoms. The molecule has 0 radical (unpaired) electrons. The summed E-state index contributed by atoms with van der Waals surface area (Å²) in [5, 5.41) is 11.5. The molecule has 0 saturated carbocycles. The van der Waals surface area contributed by atoms with Crippen LogP contribution in [0.25, 0.3) is 0 Å². The Balaban J connectivity index is 2.04. The van der Waals surface area contributed by atoms with Gasteiger partial charge in [-0.25, -0.2) is 0 Å². The first-order valence-corrected chi connectivity index (χ1v) is 6.30. The number of aliphatic carboxylic acids is 1. The van der Waals surface area contributed by atoms with Crippen molar-refractivity contribution in [2.24, 2.45) is 0 Å². The molecule has 1 aromatic heterocycles. The number of nitrogens with one attached hydrogen (secondary N) is 1. The van der Waals surface area contributed by atoms with E-state index in [0.717, 1.165) is 5.56 Å². The zero-order chi connectivity index (χ0) is 14.5. The summed E-state index contributed by atoms with van der Waals surface area (Å²) in [6, 6.07) is 9.97. The van der Waals surface area contributed by atoms with E-state index in [9.17, 15) is 9.59 Å². The molecule has 5 nitrogen and oxygen atoms in total. The highest BCUT2D eigenvalue weighted by Crippen LogP contribution is 2.17. The van der Waals surface area contributed by atoms with Gasteiger partial charge in [0.2, 0.25) is 0 Å². The molecule has 2 rings (SSSR count). The quantitative estimate of drug-likeness (QED) is 0.887. The van der Waals surface area contributed by atoms with Crippen molar-refractivity contribution < 1.29 is 19.1 Å². The van der Waals surface area contributed by atoms with Crippen LogP contribution >= 0.6 is 11.6 Å². The second-order valence-corrected chi connectivity index (χ2v) is 4.52. The summed E-state index contributed by atoms with van der Waals surface area (Å²) < 4.78 is 5.00. The molecule has 0 aliphatic heterocycles. The lowest BCUT2D eigenvalue weighted by molar-refractivity contribution is -0.136. The number of aryl methyl sites for hydroxylation is 1. The Kier molecular flexibility index (Phi) is 4.42. The van der Waals surface area contributed by atoms with Gasteiger partial charge < -0.3 is 14.8 Å². The highest BCUT2D eigenvalue weighted by Gasteiger charge is 2.11. The lowest BCUT2D eigenvalue weighted by Crippen LogP contribution is -2.11. The van der Waals surface area contributed by atoms with Crippen molar-refractivity contribution in [2.75, 3.05) is 5.32 Å². The maximum atomic E-state index is 11.8. The largest absolute Gasteiger partial charge is 0.481 e. The van der Waals surface area contributed by atoms with Crippen LogP contribution in [0.5, 0.6) is 0 Å². The summed E-state index contributed by atoms with van der Waals surface area (Å²) in [7, 11) is 0. The van der Waals surface area contributed by atoms with Crippen LogP contribution in [0.15, 0.2) is 40.8 Å². The molecule has 104 valence electrons. The Morgan fingerprint density at radius 1 is 1.25 bits per heavy atom. The second kappa shape index (κ2) is 6.25. The Labute approximate surface area is 120 Å². The molecular weight excluding hydrogens is 282 g/mol. The summed E-state index contributed by atoms with van der Waals surface area (Å²) in [5.74, 6) is -1.15. The number of hydrogen-bond acceptors (Lipinski definition) is 3. The SMILES string of the molecule is O=C(O)CCc1cccc(NC(=O)c2ccc(Cl)o2)c1. The van der Waals surface area contributed by atoms with Crippen molar-refractivity contribution in [3.05, 3.63) is 52.9 Å². The molecule has 0 fully saturated rings. The van der Waals surface area contributed by atoms with E-state index in [0.29, 0.717) is 12.1 Å². The standard InChI is InChI=1S/C14H12ClNO4/c15-12-6-5-11(20-12)14(19)16-10-3-1-2-9(8-10)4-7-13(17)18/h1-3,5-6,8H,4,7H2,(H,16,19)(H,17,18). The zero-order valence-corrected chi connectivity index (χ0v) is 11.2. The minimum absolute atomic E-state index is 0.0468. The third kappa shape index (κ3) is 3.86. The maximum absolute atomic E-state index is 11.8. The van der Waals surface area contributed by atoms with Gasteiger partial charge in [-0.2, -0.15) is 0 Å². The normalized spacial score (nSPS) is 10.2. The molecule has 0 spiro atoms. The van der Waals surface area contributed by atoms with Crippen LogP contribution in [-0.4, -0.2) is 17.0 Å². The molecule has 0 unspecified atom stereocenters. The van der Waals surface area contributed by atoms with Gasteiger partial charge in [0.25, 0.3) is 5.91 Å². The van der Waals surface area contributed by atoms with Crippen LogP contribution in [0.3, 0.4) is 0 Å². The molecule has 0 saturated heterocycles. The fraction of sp³-hybridized carbons (Fsp3) is 0.143. The van der Waals surface area contributed by atoms with E-state index in [-0.39, 0.29) is 17.4 Å². The van der Waals surface area contributed by atoms with E-state index in [1.54, 1.807) is 18.2 Å². The zero-order valence-electron chi connectivity index (χ0n) is 10.4. The number of hydrogen-bond donors (Lipinski definition) is 2. The van der Waals surface area contributed by atoms with Gasteiger partial charge in [0.1, 0.15) is 0 Å². The number of halogens is 1. The van der Waals surface area contributed by atoms with Gasteiger partial charge in [0.05, 0.1) is 0 Å². The summed E-state index contributed by atoms with van der Waals surface area (Å²) in [5.41, 5.74) is 1.41. The van der Waals surface area contributed by atoms with Gasteiger partial charge in [-0.15, -0.1) is 0 Å². The second-order valence-electron chi connectivity index (χ2n) is 4.15. The van der Waals surface area contributed by atoms with E-state index < -0.39 is 11.9 Å². The molecule has 1 heterocycles. The molecule has 6 heteroatoms. The number of benzene rings is 1. The van der Waals surface area contributed by atoms with Gasteiger partial charge in [0.15, 0.2) is 11.0 Å². The molecule has 2 N–H and O–H groups in total. The Morgan fingerprint density at radius 3 is 2.70 bits per heavy atom. The highest BCUT2D eigenvalue weighted by atomic mass is 35.5. The fourth-order valence-electron chi connectivity index (χ4n) is 1.68. The van der Waals surface area contributed by atoms with Gasteiger partial charge in [-0.3, -0.25) is 9.59 Å². The molecule has 0 bridgehead atoms. The molecule has 0 aliphatic rings. The predicted molar refractivity (Wildman–Crippen MR) is 74.1 cm³/mol. The van der Waals surface area contributed by atoms with E-state index in [1.165, 1.54) is 12.1 Å². The minimum atomic E-state index is -0.857. The highest BCUT2D eigenvalue weighted by molar-refractivity contribution is 6.29. The topological polar surface area (TPSA) is 79.5 Å². The summed E-state index contributed by atoms with van der Waals surface area (Å²) in [6.07, 6.45) is 0.455. The third-order valence-electron chi connectivity index (χ3n) is 2.61. The number of carboxylic acid groups (broad SMARTS) is 1. The molecule has 1 aromatic carbocycles. The average molecular weight is 294 g/mol. The van der Waals surface area contributed by atoms with E-state index in [2.05, 4.69) is 5.32 Å². The fourth-order valence-corrected chi connectivity index (χ4v) is 1.83. The van der Waals surface area contributed by atoms with Crippen LogP contribution in [0.4, 0.5) is 5.69 Å². The lowest BCUT2D eigenvalue weighted by atomic mass is 10.1. The summed E-state index contributed by atoms with van der Waals surface area (Å²) in [4.78, 5) is 22.4. The lowest BCUT2D eigenvalue weighted by Gasteiger charge is -2.05. The number of carboxylic acids is 1. The van der Waals surface area contributed by atoms with Gasteiger partial charge in [0, 0.05) is 12.1 Å². The average Bonchev–Trinajstić information content (AvgIpc) is 2.84. The van der Waals surface area contributed by atoms with Crippen molar-refractivity contribution in [3.8, 4) is 0 Å². The Morgan fingerprint density at radius 2 is 2.05 bits per heavy atom. The summed E-state index contributed by atoms with van der Waals surface area (Å²) >= 11 is 5.60. The van der Waals surface area contributed by atoms with Gasteiger partial charge >= 0.3 is 5.97 Å². The van der Waals surface area contributed by atoms with Gasteiger partial charge in [-0.05, 0) is 47.9 Å². The molecule has 1 amide bonds. The Bertz CT molecular complexity index is 636. The van der Waals surface area contributed by atoms with Crippen molar-refractivity contribution in [3.63, 3.8) is 0 Å². The number of anilines is 1. The third-order valence-corrected chi connectivity index (χ3v) is 2.81. The molecule has 0 atom stereocenters. The monoisotopic (exact) mass is 293 g/mol. The Hall–Kier alpha value is -2.27. The van der Waals surface area contributed by atoms with Crippen molar-refractivity contribution in [1.82, 2.24) is 0 Å². The number of carbonyl (C=O) groups excluding carboxylic acids is 1. The molecular formula is C14H12ClNO4. The minimum Gasteiger partial charge on any atom is -0.481 e.